The van der Waals surface area contributed by atoms with Crippen LogP contribution in [-0.2, 0) is 4.79 Å². The summed E-state index contributed by atoms with van der Waals surface area (Å²) in [6, 6.07) is 1.50. The minimum Gasteiger partial charge on any atom is -0.309 e. The molecule has 0 aliphatic carbocycles. The van der Waals surface area contributed by atoms with Crippen molar-refractivity contribution < 1.29 is 4.79 Å². The third-order valence-corrected chi connectivity index (χ3v) is 2.27. The molecule has 0 saturated heterocycles. The standard InChI is InChI=1S/C10H15ClN4O/c1-4-14-10(2,3)9(16)15-8-5-7(11)12-6-13-8/h5-6,14H,4H2,1-3H3,(H,12,13,15,16). The summed E-state index contributed by atoms with van der Waals surface area (Å²) in [7, 11) is 0. The molecule has 88 valence electrons. The Morgan fingerprint density at radius 3 is 2.75 bits per heavy atom. The molecule has 0 radical (unpaired) electrons. The van der Waals surface area contributed by atoms with Crippen LogP contribution in [0.25, 0.3) is 0 Å². The molecule has 0 atom stereocenters. The highest BCUT2D eigenvalue weighted by Crippen LogP contribution is 2.11. The lowest BCUT2D eigenvalue weighted by Gasteiger charge is -2.24. The van der Waals surface area contributed by atoms with Crippen LogP contribution in [0.3, 0.4) is 0 Å². The summed E-state index contributed by atoms with van der Waals surface area (Å²) < 4.78 is 0. The van der Waals surface area contributed by atoms with Crippen molar-refractivity contribution in [3.63, 3.8) is 0 Å². The topological polar surface area (TPSA) is 66.9 Å². The lowest BCUT2D eigenvalue weighted by Crippen LogP contribution is -2.49. The Morgan fingerprint density at radius 2 is 2.19 bits per heavy atom. The van der Waals surface area contributed by atoms with E-state index in [2.05, 4.69) is 20.6 Å². The summed E-state index contributed by atoms with van der Waals surface area (Å²) >= 11 is 5.69. The van der Waals surface area contributed by atoms with Gasteiger partial charge in [0.15, 0.2) is 0 Å². The Labute approximate surface area is 99.6 Å². The fourth-order valence-electron chi connectivity index (χ4n) is 1.20. The van der Waals surface area contributed by atoms with Gasteiger partial charge in [-0.1, -0.05) is 18.5 Å². The average Bonchev–Trinajstić information content (AvgIpc) is 2.17. The maximum absolute atomic E-state index is 11.9. The quantitative estimate of drug-likeness (QED) is 0.785. The molecule has 0 unspecified atom stereocenters. The number of rotatable bonds is 4. The van der Waals surface area contributed by atoms with E-state index in [1.165, 1.54) is 12.4 Å². The van der Waals surface area contributed by atoms with Crippen LogP contribution >= 0.6 is 11.6 Å². The smallest absolute Gasteiger partial charge is 0.245 e. The van der Waals surface area contributed by atoms with Crippen molar-refractivity contribution in [1.82, 2.24) is 15.3 Å². The first kappa shape index (κ1) is 12.9. The summed E-state index contributed by atoms with van der Waals surface area (Å²) in [4.78, 5) is 19.5. The van der Waals surface area contributed by atoms with Crippen molar-refractivity contribution in [2.75, 3.05) is 11.9 Å². The van der Waals surface area contributed by atoms with Crippen molar-refractivity contribution >= 4 is 23.3 Å². The van der Waals surface area contributed by atoms with E-state index in [9.17, 15) is 4.79 Å². The molecule has 0 aromatic carbocycles. The van der Waals surface area contributed by atoms with E-state index in [4.69, 9.17) is 11.6 Å². The van der Waals surface area contributed by atoms with Gasteiger partial charge >= 0.3 is 0 Å². The Kier molecular flexibility index (Phi) is 4.20. The zero-order valence-electron chi connectivity index (χ0n) is 9.54. The molecule has 1 aromatic heterocycles. The van der Waals surface area contributed by atoms with Crippen LogP contribution in [0.15, 0.2) is 12.4 Å². The largest absolute Gasteiger partial charge is 0.309 e. The summed E-state index contributed by atoms with van der Waals surface area (Å²) in [5.41, 5.74) is -0.647. The summed E-state index contributed by atoms with van der Waals surface area (Å²) in [5.74, 6) is 0.236. The Hall–Kier alpha value is -1.20. The molecule has 0 bridgehead atoms. The Morgan fingerprint density at radius 1 is 1.50 bits per heavy atom. The zero-order valence-corrected chi connectivity index (χ0v) is 10.3. The van der Waals surface area contributed by atoms with Gasteiger partial charge in [-0.05, 0) is 20.4 Å². The second-order valence-corrected chi connectivity index (χ2v) is 4.22. The highest BCUT2D eigenvalue weighted by atomic mass is 35.5. The second kappa shape index (κ2) is 5.23. The zero-order chi connectivity index (χ0) is 12.2. The van der Waals surface area contributed by atoms with Gasteiger partial charge < -0.3 is 10.6 Å². The molecule has 1 heterocycles. The van der Waals surface area contributed by atoms with Gasteiger partial charge in [0.05, 0.1) is 5.54 Å². The average molecular weight is 243 g/mol. The molecular formula is C10H15ClN4O. The van der Waals surface area contributed by atoms with Gasteiger partial charge in [-0.25, -0.2) is 9.97 Å². The number of carbonyl (C=O) groups excluding carboxylic acids is 1. The molecule has 2 N–H and O–H groups in total. The number of amides is 1. The van der Waals surface area contributed by atoms with Crippen LogP contribution in [0.4, 0.5) is 5.82 Å². The number of hydrogen-bond donors (Lipinski definition) is 2. The van der Waals surface area contributed by atoms with Crippen molar-refractivity contribution in [2.24, 2.45) is 0 Å². The first-order valence-electron chi connectivity index (χ1n) is 4.99. The van der Waals surface area contributed by atoms with Crippen LogP contribution in [-0.4, -0.2) is 28.0 Å². The predicted molar refractivity (Wildman–Crippen MR) is 63.4 cm³/mol. The fraction of sp³-hybridized carbons (Fsp3) is 0.500. The predicted octanol–water partition coefficient (Wildman–Crippen LogP) is 1.46. The molecule has 0 fully saturated rings. The van der Waals surface area contributed by atoms with E-state index in [-0.39, 0.29) is 5.91 Å². The lowest BCUT2D eigenvalue weighted by molar-refractivity contribution is -0.121. The van der Waals surface area contributed by atoms with Gasteiger partial charge in [-0.2, -0.15) is 0 Å². The van der Waals surface area contributed by atoms with Crippen LogP contribution < -0.4 is 10.6 Å². The first-order chi connectivity index (χ1) is 7.45. The third-order valence-electron chi connectivity index (χ3n) is 2.06. The maximum Gasteiger partial charge on any atom is 0.245 e. The van der Waals surface area contributed by atoms with Crippen LogP contribution in [0.5, 0.6) is 0 Å². The molecule has 16 heavy (non-hydrogen) atoms. The normalized spacial score (nSPS) is 11.2. The number of aromatic nitrogens is 2. The maximum atomic E-state index is 11.9. The minimum absolute atomic E-state index is 0.163. The van der Waals surface area contributed by atoms with E-state index in [1.807, 2.05) is 6.92 Å². The molecule has 0 saturated carbocycles. The lowest BCUT2D eigenvalue weighted by atomic mass is 10.0. The number of carbonyl (C=O) groups is 1. The number of likely N-dealkylation sites (N-methyl/N-ethyl adjacent to an activating group) is 1. The molecule has 0 aliphatic heterocycles. The highest BCUT2D eigenvalue weighted by Gasteiger charge is 2.26. The van der Waals surface area contributed by atoms with Crippen molar-refractivity contribution in [2.45, 2.75) is 26.3 Å². The fourth-order valence-corrected chi connectivity index (χ4v) is 1.34. The molecule has 1 rings (SSSR count). The summed E-state index contributed by atoms with van der Waals surface area (Å²) in [6.45, 7) is 6.25. The van der Waals surface area contributed by atoms with E-state index in [1.54, 1.807) is 13.8 Å². The van der Waals surface area contributed by atoms with Crippen molar-refractivity contribution in [1.29, 1.82) is 0 Å². The van der Waals surface area contributed by atoms with Crippen molar-refractivity contribution in [3.05, 3.63) is 17.5 Å². The number of hydrogen-bond acceptors (Lipinski definition) is 4. The van der Waals surface area contributed by atoms with E-state index < -0.39 is 5.54 Å². The van der Waals surface area contributed by atoms with Gasteiger partial charge in [0.2, 0.25) is 5.91 Å². The number of nitrogens with one attached hydrogen (secondary N) is 2. The van der Waals surface area contributed by atoms with Crippen LogP contribution in [0, 0.1) is 0 Å². The molecule has 1 aromatic rings. The van der Waals surface area contributed by atoms with E-state index >= 15 is 0 Å². The number of anilines is 1. The number of nitrogens with zero attached hydrogens (tertiary/aromatic N) is 2. The summed E-state index contributed by atoms with van der Waals surface area (Å²) in [5, 5.41) is 6.04. The first-order valence-corrected chi connectivity index (χ1v) is 5.37. The van der Waals surface area contributed by atoms with E-state index in [0.29, 0.717) is 17.5 Å². The van der Waals surface area contributed by atoms with Gasteiger partial charge in [0.1, 0.15) is 17.3 Å². The molecule has 5 nitrogen and oxygen atoms in total. The van der Waals surface area contributed by atoms with Crippen molar-refractivity contribution in [3.8, 4) is 0 Å². The Bertz CT molecular complexity index is 381. The van der Waals surface area contributed by atoms with Crippen LogP contribution in [0.2, 0.25) is 5.15 Å². The third kappa shape index (κ3) is 3.43. The van der Waals surface area contributed by atoms with Gasteiger partial charge in [0.25, 0.3) is 0 Å². The van der Waals surface area contributed by atoms with E-state index in [0.717, 1.165) is 0 Å². The van der Waals surface area contributed by atoms with Crippen LogP contribution in [0.1, 0.15) is 20.8 Å². The van der Waals surface area contributed by atoms with Gasteiger partial charge in [0, 0.05) is 6.07 Å². The highest BCUT2D eigenvalue weighted by molar-refractivity contribution is 6.29. The second-order valence-electron chi connectivity index (χ2n) is 3.84. The summed E-state index contributed by atoms with van der Waals surface area (Å²) in [6.07, 6.45) is 1.30. The Balaban J connectivity index is 2.71. The minimum atomic E-state index is -0.647. The van der Waals surface area contributed by atoms with Gasteiger partial charge in [-0.3, -0.25) is 4.79 Å². The molecule has 0 aliphatic rings. The number of halogens is 1. The molecular weight excluding hydrogens is 228 g/mol. The SMILES string of the molecule is CCNC(C)(C)C(=O)Nc1cc(Cl)ncn1. The molecule has 6 heteroatoms. The van der Waals surface area contributed by atoms with Gasteiger partial charge in [-0.15, -0.1) is 0 Å². The monoisotopic (exact) mass is 242 g/mol. The molecule has 1 amide bonds. The molecule has 0 spiro atoms.